The molecule has 2 unspecified atom stereocenters. The molecule has 2 heterocycles. The summed E-state index contributed by atoms with van der Waals surface area (Å²) < 4.78 is 0. The Morgan fingerprint density at radius 2 is 1.90 bits per heavy atom. The van der Waals surface area contributed by atoms with Gasteiger partial charge in [-0.3, -0.25) is 9.80 Å². The minimum absolute atomic E-state index is 0.486. The highest BCUT2D eigenvalue weighted by atomic mass is 15.3. The molecular formula is C18H36N2. The van der Waals surface area contributed by atoms with Gasteiger partial charge in [0.2, 0.25) is 0 Å². The molecule has 0 N–H and O–H groups in total. The van der Waals surface area contributed by atoms with Gasteiger partial charge in [-0.2, -0.15) is 0 Å². The van der Waals surface area contributed by atoms with Crippen molar-refractivity contribution < 1.29 is 0 Å². The fraction of sp³-hybridized carbons (Fsp3) is 1.00. The van der Waals surface area contributed by atoms with Crippen molar-refractivity contribution in [1.29, 1.82) is 0 Å². The van der Waals surface area contributed by atoms with Crippen LogP contribution in [0.4, 0.5) is 0 Å². The van der Waals surface area contributed by atoms with E-state index in [0.717, 1.165) is 12.1 Å². The van der Waals surface area contributed by atoms with Crippen LogP contribution in [0.1, 0.15) is 72.6 Å². The van der Waals surface area contributed by atoms with Crippen LogP contribution < -0.4 is 0 Å². The zero-order valence-electron chi connectivity index (χ0n) is 14.3. The topological polar surface area (TPSA) is 6.48 Å². The van der Waals surface area contributed by atoms with Crippen LogP contribution in [0.25, 0.3) is 0 Å². The summed E-state index contributed by atoms with van der Waals surface area (Å²) in [4.78, 5) is 5.55. The molecule has 2 aliphatic rings. The predicted octanol–water partition coefficient (Wildman–Crippen LogP) is 4.15. The van der Waals surface area contributed by atoms with E-state index >= 15 is 0 Å². The molecule has 20 heavy (non-hydrogen) atoms. The molecule has 0 radical (unpaired) electrons. The number of unbranched alkanes of at least 4 members (excludes halogenated alkanes) is 2. The lowest BCUT2D eigenvalue weighted by Crippen LogP contribution is -2.59. The Morgan fingerprint density at radius 3 is 2.65 bits per heavy atom. The van der Waals surface area contributed by atoms with Gasteiger partial charge in [-0.05, 0) is 38.1 Å². The number of nitrogens with zero attached hydrogens (tertiary/aromatic N) is 2. The first-order valence-electron chi connectivity index (χ1n) is 9.00. The number of hydrogen-bond acceptors (Lipinski definition) is 2. The predicted molar refractivity (Wildman–Crippen MR) is 88.2 cm³/mol. The fourth-order valence-corrected chi connectivity index (χ4v) is 4.12. The largest absolute Gasteiger partial charge is 0.298 e. The lowest BCUT2D eigenvalue weighted by molar-refractivity contribution is -0.00342. The van der Waals surface area contributed by atoms with Gasteiger partial charge < -0.3 is 0 Å². The summed E-state index contributed by atoms with van der Waals surface area (Å²) in [5, 5.41) is 0. The van der Waals surface area contributed by atoms with Crippen LogP contribution in [-0.2, 0) is 0 Å². The molecule has 2 aliphatic heterocycles. The summed E-state index contributed by atoms with van der Waals surface area (Å²) in [6, 6.07) is 1.60. The molecule has 0 aromatic heterocycles. The van der Waals surface area contributed by atoms with Gasteiger partial charge in [0.25, 0.3) is 0 Å². The van der Waals surface area contributed by atoms with Crippen molar-refractivity contribution in [2.45, 2.75) is 84.7 Å². The molecule has 0 saturated carbocycles. The van der Waals surface area contributed by atoms with Gasteiger partial charge in [0.05, 0.1) is 0 Å². The van der Waals surface area contributed by atoms with E-state index in [1.54, 1.807) is 0 Å². The van der Waals surface area contributed by atoms with Gasteiger partial charge in [0, 0.05) is 31.7 Å². The number of piperazine rings is 1. The number of fused-ring (bicyclic) bond motifs is 1. The standard InChI is InChI=1S/C18H36N2/c1-5-6-8-11-18(3,4)15-20-14-17-10-7-9-12-19(17)13-16(20)2/h16-17H,5-15H2,1-4H3. The average molecular weight is 280 g/mol. The normalized spacial score (nSPS) is 29.4. The van der Waals surface area contributed by atoms with Crippen LogP contribution in [0.2, 0.25) is 0 Å². The molecule has 2 nitrogen and oxygen atoms in total. The molecule has 2 saturated heterocycles. The maximum Gasteiger partial charge on any atom is 0.0223 e. The second kappa shape index (κ2) is 7.26. The molecule has 0 amide bonds. The number of piperidine rings is 1. The van der Waals surface area contributed by atoms with Crippen LogP contribution in [0.5, 0.6) is 0 Å². The molecule has 0 aliphatic carbocycles. The van der Waals surface area contributed by atoms with Crippen LogP contribution in [0, 0.1) is 5.41 Å². The van der Waals surface area contributed by atoms with E-state index in [9.17, 15) is 0 Å². The molecule has 0 aromatic rings. The Balaban J connectivity index is 1.84. The highest BCUT2D eigenvalue weighted by molar-refractivity contribution is 4.90. The van der Waals surface area contributed by atoms with Gasteiger partial charge in [-0.25, -0.2) is 0 Å². The van der Waals surface area contributed by atoms with E-state index in [1.807, 2.05) is 0 Å². The van der Waals surface area contributed by atoms with E-state index in [4.69, 9.17) is 0 Å². The lowest BCUT2D eigenvalue weighted by Gasteiger charge is -2.49. The summed E-state index contributed by atoms with van der Waals surface area (Å²) in [5.74, 6) is 0. The van der Waals surface area contributed by atoms with Crippen LogP contribution in [-0.4, -0.2) is 48.1 Å². The highest BCUT2D eigenvalue weighted by Crippen LogP contribution is 2.30. The molecular weight excluding hydrogens is 244 g/mol. The first-order chi connectivity index (χ1) is 9.52. The van der Waals surface area contributed by atoms with E-state index in [-0.39, 0.29) is 0 Å². The Hall–Kier alpha value is -0.0800. The second-order valence-corrected chi connectivity index (χ2v) is 8.04. The van der Waals surface area contributed by atoms with Gasteiger partial charge in [-0.15, -0.1) is 0 Å². The summed E-state index contributed by atoms with van der Waals surface area (Å²) >= 11 is 0. The third-order valence-electron chi connectivity index (χ3n) is 5.40. The monoisotopic (exact) mass is 280 g/mol. The molecule has 2 rings (SSSR count). The molecule has 2 atom stereocenters. The van der Waals surface area contributed by atoms with E-state index < -0.39 is 0 Å². The maximum atomic E-state index is 2.79. The smallest absolute Gasteiger partial charge is 0.0223 e. The number of rotatable bonds is 6. The zero-order valence-corrected chi connectivity index (χ0v) is 14.3. The van der Waals surface area contributed by atoms with Crippen molar-refractivity contribution in [3.8, 4) is 0 Å². The van der Waals surface area contributed by atoms with Crippen LogP contribution >= 0.6 is 0 Å². The summed E-state index contributed by atoms with van der Waals surface area (Å²) in [6.07, 6.45) is 9.83. The summed E-state index contributed by atoms with van der Waals surface area (Å²) in [5.41, 5.74) is 0.486. The Bertz CT molecular complexity index is 287. The summed E-state index contributed by atoms with van der Waals surface area (Å²) in [6.45, 7) is 15.0. The van der Waals surface area contributed by atoms with E-state index in [2.05, 4.69) is 37.5 Å². The fourth-order valence-electron chi connectivity index (χ4n) is 4.12. The molecule has 118 valence electrons. The number of hydrogen-bond donors (Lipinski definition) is 0. The Labute approximate surface area is 126 Å². The van der Waals surface area contributed by atoms with Crippen LogP contribution in [0.15, 0.2) is 0 Å². The van der Waals surface area contributed by atoms with E-state index in [0.29, 0.717) is 5.41 Å². The highest BCUT2D eigenvalue weighted by Gasteiger charge is 2.35. The van der Waals surface area contributed by atoms with Crippen molar-refractivity contribution in [2.75, 3.05) is 26.2 Å². The Morgan fingerprint density at radius 1 is 1.10 bits per heavy atom. The van der Waals surface area contributed by atoms with Crippen molar-refractivity contribution in [1.82, 2.24) is 9.80 Å². The van der Waals surface area contributed by atoms with Crippen molar-refractivity contribution in [2.24, 2.45) is 5.41 Å². The van der Waals surface area contributed by atoms with Crippen LogP contribution in [0.3, 0.4) is 0 Å². The second-order valence-electron chi connectivity index (χ2n) is 8.04. The molecule has 2 heteroatoms. The van der Waals surface area contributed by atoms with Crippen molar-refractivity contribution in [3.05, 3.63) is 0 Å². The molecule has 0 spiro atoms. The Kier molecular flexibility index (Phi) is 5.92. The first kappa shape index (κ1) is 16.3. The minimum atomic E-state index is 0.486. The minimum Gasteiger partial charge on any atom is -0.298 e. The van der Waals surface area contributed by atoms with Gasteiger partial charge >= 0.3 is 0 Å². The molecule has 0 bridgehead atoms. The molecule has 2 fully saturated rings. The van der Waals surface area contributed by atoms with Crippen molar-refractivity contribution >= 4 is 0 Å². The van der Waals surface area contributed by atoms with E-state index in [1.165, 1.54) is 71.1 Å². The maximum absolute atomic E-state index is 2.79. The summed E-state index contributed by atoms with van der Waals surface area (Å²) in [7, 11) is 0. The lowest BCUT2D eigenvalue weighted by atomic mass is 9.85. The van der Waals surface area contributed by atoms with Gasteiger partial charge in [0.1, 0.15) is 0 Å². The zero-order chi connectivity index (χ0) is 14.6. The quantitative estimate of drug-likeness (QED) is 0.674. The third kappa shape index (κ3) is 4.46. The van der Waals surface area contributed by atoms with Crippen molar-refractivity contribution in [3.63, 3.8) is 0 Å². The third-order valence-corrected chi connectivity index (χ3v) is 5.40. The van der Waals surface area contributed by atoms with Gasteiger partial charge in [0.15, 0.2) is 0 Å². The first-order valence-corrected chi connectivity index (χ1v) is 9.00. The van der Waals surface area contributed by atoms with Gasteiger partial charge in [-0.1, -0.05) is 46.5 Å². The molecule has 0 aromatic carbocycles. The SMILES string of the molecule is CCCCCC(C)(C)CN1CC2CCCCN2CC1C. The average Bonchev–Trinajstić information content (AvgIpc) is 2.39.